The maximum Gasteiger partial charge on any atom is 0.416 e. The number of ketones is 1. The van der Waals surface area contributed by atoms with Gasteiger partial charge in [-0.2, -0.15) is 13.2 Å². The molecule has 136 valence electrons. The highest BCUT2D eigenvalue weighted by atomic mass is 19.4. The third-order valence-electron chi connectivity index (χ3n) is 4.50. The Morgan fingerprint density at radius 3 is 2.37 bits per heavy atom. The Hall–Kier alpha value is -3.22. The molecule has 0 saturated carbocycles. The number of halogens is 3. The average molecular weight is 369 g/mol. The number of rotatable bonds is 2. The fourth-order valence-corrected chi connectivity index (χ4v) is 3.14. The van der Waals surface area contributed by atoms with E-state index >= 15 is 0 Å². The number of carbonyl (C=O) groups is 1. The molecule has 0 atom stereocenters. The number of aryl methyl sites for hydroxylation is 1. The highest BCUT2D eigenvalue weighted by Crippen LogP contribution is 2.30. The maximum atomic E-state index is 12.7. The van der Waals surface area contributed by atoms with Crippen molar-refractivity contribution in [2.75, 3.05) is 0 Å². The number of alkyl halides is 3. The zero-order chi connectivity index (χ0) is 19.2. The molecule has 0 aliphatic heterocycles. The van der Waals surface area contributed by atoms with Gasteiger partial charge in [-0.05, 0) is 17.7 Å². The van der Waals surface area contributed by atoms with E-state index in [2.05, 4.69) is 9.98 Å². The lowest BCUT2D eigenvalue weighted by Gasteiger charge is -2.17. The van der Waals surface area contributed by atoms with Gasteiger partial charge in [-0.25, -0.2) is 4.98 Å². The van der Waals surface area contributed by atoms with E-state index in [0.717, 1.165) is 12.1 Å². The predicted octanol–water partition coefficient (Wildman–Crippen LogP) is 4.02. The number of hydrogen-bond donors (Lipinski definition) is 0. The molecule has 0 saturated heterocycles. The van der Waals surface area contributed by atoms with Crippen molar-refractivity contribution in [2.45, 2.75) is 12.7 Å². The van der Waals surface area contributed by atoms with Crippen molar-refractivity contribution in [3.63, 3.8) is 0 Å². The number of fused-ring (bicyclic) bond motifs is 2. The quantitative estimate of drug-likeness (QED) is 0.536. The molecule has 0 fully saturated rings. The van der Waals surface area contributed by atoms with Gasteiger partial charge in [0.1, 0.15) is 11.4 Å². The van der Waals surface area contributed by atoms with Crippen LogP contribution in [0.25, 0.3) is 0 Å². The van der Waals surface area contributed by atoms with Crippen molar-refractivity contribution < 1.29 is 18.0 Å². The molecular weight excluding hydrogens is 355 g/mol. The fraction of sp³-hybridized carbons (Fsp3) is 0.150. The predicted molar refractivity (Wildman–Crippen MR) is 93.9 cm³/mol. The van der Waals surface area contributed by atoms with E-state index in [9.17, 15) is 18.0 Å². The molecule has 3 aromatic rings. The first-order valence-corrected chi connectivity index (χ1v) is 8.22. The van der Waals surface area contributed by atoms with Crippen LogP contribution in [0.4, 0.5) is 13.2 Å². The first-order chi connectivity index (χ1) is 12.9. The van der Waals surface area contributed by atoms with E-state index in [4.69, 9.17) is 0 Å². The summed E-state index contributed by atoms with van der Waals surface area (Å²) in [6.45, 7) is 0.187. The van der Waals surface area contributed by atoms with Crippen LogP contribution in [-0.2, 0) is 19.8 Å². The monoisotopic (exact) mass is 369 g/mol. The van der Waals surface area contributed by atoms with Crippen LogP contribution in [0.3, 0.4) is 0 Å². The van der Waals surface area contributed by atoms with E-state index in [-0.39, 0.29) is 12.3 Å². The SMILES string of the molecule is Cn1cnc2c1C(=O)c1ccccc1C2=NCc1ccc(C(F)(F)F)cc1. The Balaban J connectivity index is 1.73. The summed E-state index contributed by atoms with van der Waals surface area (Å²) in [5.41, 5.74) is 2.69. The van der Waals surface area contributed by atoms with Crippen molar-refractivity contribution in [1.29, 1.82) is 0 Å². The summed E-state index contributed by atoms with van der Waals surface area (Å²) in [6, 6.07) is 12.0. The zero-order valence-electron chi connectivity index (χ0n) is 14.3. The van der Waals surface area contributed by atoms with Crippen LogP contribution in [0, 0.1) is 0 Å². The smallest absolute Gasteiger partial charge is 0.330 e. The number of benzene rings is 2. The summed E-state index contributed by atoms with van der Waals surface area (Å²) in [5.74, 6) is -0.117. The highest BCUT2D eigenvalue weighted by Gasteiger charge is 2.32. The van der Waals surface area contributed by atoms with Crippen LogP contribution in [0.1, 0.15) is 38.4 Å². The topological polar surface area (TPSA) is 47.2 Å². The third-order valence-corrected chi connectivity index (χ3v) is 4.50. The molecule has 2 aromatic carbocycles. The number of imidazole rings is 1. The van der Waals surface area contributed by atoms with Crippen LogP contribution in [0.5, 0.6) is 0 Å². The number of carbonyl (C=O) groups excluding carboxylic acids is 1. The van der Waals surface area contributed by atoms with E-state index in [0.29, 0.717) is 33.8 Å². The average Bonchev–Trinajstić information content (AvgIpc) is 3.03. The standard InChI is InChI=1S/C20H14F3N3O/c1-26-11-25-17-16(14-4-2-3-5-15(14)19(27)18(17)26)24-10-12-6-8-13(9-7-12)20(21,22)23/h2-9,11H,10H2,1H3. The normalized spacial score (nSPS) is 15.0. The number of nitrogens with zero attached hydrogens (tertiary/aromatic N) is 3. The second kappa shape index (κ2) is 6.19. The molecule has 0 bridgehead atoms. The molecule has 7 heteroatoms. The number of hydrogen-bond acceptors (Lipinski definition) is 3. The van der Waals surface area contributed by atoms with Crippen molar-refractivity contribution in [3.8, 4) is 0 Å². The van der Waals surface area contributed by atoms with Crippen molar-refractivity contribution in [1.82, 2.24) is 9.55 Å². The molecule has 1 heterocycles. The first kappa shape index (κ1) is 17.2. The zero-order valence-corrected chi connectivity index (χ0v) is 14.3. The molecule has 0 spiro atoms. The molecule has 1 aliphatic rings. The molecule has 4 rings (SSSR count). The number of aromatic nitrogens is 2. The molecule has 1 aromatic heterocycles. The Labute approximate surface area is 153 Å². The van der Waals surface area contributed by atoms with Crippen molar-refractivity contribution in [3.05, 3.63) is 88.5 Å². The van der Waals surface area contributed by atoms with Crippen molar-refractivity contribution >= 4 is 11.5 Å². The summed E-state index contributed by atoms with van der Waals surface area (Å²) >= 11 is 0. The van der Waals surface area contributed by atoms with Gasteiger partial charge < -0.3 is 4.57 Å². The second-order valence-corrected chi connectivity index (χ2v) is 6.29. The molecule has 0 amide bonds. The summed E-state index contributed by atoms with van der Waals surface area (Å²) in [7, 11) is 1.74. The Bertz CT molecular complexity index is 1060. The van der Waals surface area contributed by atoms with E-state index in [1.54, 1.807) is 36.1 Å². The molecule has 4 nitrogen and oxygen atoms in total. The lowest BCUT2D eigenvalue weighted by atomic mass is 9.89. The minimum absolute atomic E-state index is 0.117. The minimum atomic E-state index is -4.37. The van der Waals surface area contributed by atoms with Crippen molar-refractivity contribution in [2.24, 2.45) is 12.0 Å². The Kier molecular flexibility index (Phi) is 3.95. The van der Waals surface area contributed by atoms with E-state index < -0.39 is 11.7 Å². The molecule has 1 aliphatic carbocycles. The van der Waals surface area contributed by atoms with Gasteiger partial charge in [-0.15, -0.1) is 0 Å². The fourth-order valence-electron chi connectivity index (χ4n) is 3.14. The molecule has 0 N–H and O–H groups in total. The van der Waals surface area contributed by atoms with Gasteiger partial charge in [0.05, 0.1) is 24.1 Å². The van der Waals surface area contributed by atoms with Gasteiger partial charge in [0.15, 0.2) is 0 Å². The summed E-state index contributed by atoms with van der Waals surface area (Å²) < 4.78 is 39.7. The molecule has 27 heavy (non-hydrogen) atoms. The third kappa shape index (κ3) is 2.95. The van der Waals surface area contributed by atoms with Gasteiger partial charge >= 0.3 is 6.18 Å². The van der Waals surface area contributed by atoms with E-state index in [1.165, 1.54) is 12.1 Å². The largest absolute Gasteiger partial charge is 0.416 e. The van der Waals surface area contributed by atoms with Crippen LogP contribution in [0.2, 0.25) is 0 Å². The van der Waals surface area contributed by atoms with Gasteiger partial charge in [0.2, 0.25) is 5.78 Å². The highest BCUT2D eigenvalue weighted by molar-refractivity contribution is 6.28. The van der Waals surface area contributed by atoms with Gasteiger partial charge in [0, 0.05) is 18.2 Å². The second-order valence-electron chi connectivity index (χ2n) is 6.29. The Morgan fingerprint density at radius 1 is 1.04 bits per heavy atom. The van der Waals surface area contributed by atoms with Crippen LogP contribution < -0.4 is 0 Å². The maximum absolute atomic E-state index is 12.7. The van der Waals surface area contributed by atoms with E-state index in [1.807, 2.05) is 6.07 Å². The minimum Gasteiger partial charge on any atom is -0.330 e. The molecular formula is C20H14F3N3O. The van der Waals surface area contributed by atoms with Crippen LogP contribution in [-0.4, -0.2) is 21.0 Å². The first-order valence-electron chi connectivity index (χ1n) is 8.22. The lowest BCUT2D eigenvalue weighted by Crippen LogP contribution is -2.23. The molecule has 0 radical (unpaired) electrons. The summed E-state index contributed by atoms with van der Waals surface area (Å²) in [5, 5.41) is 0. The van der Waals surface area contributed by atoms with Gasteiger partial charge in [-0.3, -0.25) is 9.79 Å². The van der Waals surface area contributed by atoms with Gasteiger partial charge in [0.25, 0.3) is 0 Å². The van der Waals surface area contributed by atoms with Gasteiger partial charge in [-0.1, -0.05) is 36.4 Å². The lowest BCUT2D eigenvalue weighted by molar-refractivity contribution is -0.137. The van der Waals surface area contributed by atoms with Crippen LogP contribution >= 0.6 is 0 Å². The summed E-state index contributed by atoms with van der Waals surface area (Å²) in [6.07, 6.45) is -2.81. The number of aliphatic imine (C=N–C) groups is 1. The summed E-state index contributed by atoms with van der Waals surface area (Å²) in [4.78, 5) is 21.6. The molecule has 0 unspecified atom stereocenters. The van der Waals surface area contributed by atoms with Crippen LogP contribution in [0.15, 0.2) is 59.9 Å². The Morgan fingerprint density at radius 2 is 1.70 bits per heavy atom.